The molecule has 3 aromatic heterocycles. The maximum Gasteiger partial charge on any atom is 0.320 e. The number of nitrogens with one attached hydrogen (secondary N) is 2. The predicted octanol–water partition coefficient (Wildman–Crippen LogP) is 3.81. The van der Waals surface area contributed by atoms with Crippen molar-refractivity contribution < 1.29 is 4.79 Å². The number of carbonyl (C=O) groups is 1. The van der Waals surface area contributed by atoms with E-state index in [4.69, 9.17) is 0 Å². The summed E-state index contributed by atoms with van der Waals surface area (Å²) in [5, 5.41) is 11.5. The minimum absolute atomic E-state index is 0.107. The van der Waals surface area contributed by atoms with Gasteiger partial charge < -0.3 is 10.2 Å². The minimum atomic E-state index is -0.228. The predicted molar refractivity (Wildman–Crippen MR) is 133 cm³/mol. The van der Waals surface area contributed by atoms with Gasteiger partial charge in [0.15, 0.2) is 0 Å². The summed E-state index contributed by atoms with van der Waals surface area (Å²) < 4.78 is 1.83. The number of likely N-dealkylation sites (tertiary alicyclic amines) is 1. The molecule has 1 aromatic carbocycles. The molecule has 4 aromatic rings. The lowest BCUT2D eigenvalue weighted by Gasteiger charge is -2.20. The molecule has 0 bridgehead atoms. The van der Waals surface area contributed by atoms with Gasteiger partial charge in [-0.2, -0.15) is 5.10 Å². The molecule has 1 aliphatic heterocycles. The van der Waals surface area contributed by atoms with Crippen LogP contribution >= 0.6 is 0 Å². The Labute approximate surface area is 199 Å². The molecule has 1 fully saturated rings. The van der Waals surface area contributed by atoms with Crippen LogP contribution in [0.1, 0.15) is 17.7 Å². The fourth-order valence-corrected chi connectivity index (χ4v) is 4.72. The number of benzene rings is 1. The molecule has 4 heterocycles. The molecule has 0 spiro atoms. The average molecular weight is 456 g/mol. The van der Waals surface area contributed by atoms with E-state index < -0.39 is 0 Å². The fraction of sp³-hybridized carbons (Fsp3) is 0.308. The molecule has 2 atom stereocenters. The largest absolute Gasteiger partial charge is 0.333 e. The molecule has 5 rings (SSSR count). The lowest BCUT2D eigenvalue weighted by atomic mass is 9.95. The number of fused-ring (bicyclic) bond motifs is 1. The standard InChI is InChI=1S/C26H29N7O/c1-18-12-22(10-11-27-18)33-24-15-28-25(13-21(24)14-29-33)31-26(34)30-23-17-32(2)16-20(23)9-8-19-6-4-3-5-7-19/h3-7,10-15,20,23H,8-9,16-17H2,1-2H3,(H2,28,30,31,34)/t20-,23-/m0/s1. The van der Waals surface area contributed by atoms with Crippen LogP contribution in [0.4, 0.5) is 10.6 Å². The maximum absolute atomic E-state index is 12.8. The van der Waals surface area contributed by atoms with Crippen LogP contribution < -0.4 is 10.6 Å². The number of hydrogen-bond acceptors (Lipinski definition) is 5. The fourth-order valence-electron chi connectivity index (χ4n) is 4.72. The molecule has 8 nitrogen and oxygen atoms in total. The van der Waals surface area contributed by atoms with E-state index in [0.29, 0.717) is 11.7 Å². The van der Waals surface area contributed by atoms with Crippen molar-refractivity contribution in [2.24, 2.45) is 5.92 Å². The highest BCUT2D eigenvalue weighted by atomic mass is 16.2. The third-order valence-electron chi connectivity index (χ3n) is 6.41. The van der Waals surface area contributed by atoms with Crippen molar-refractivity contribution in [3.63, 3.8) is 0 Å². The SMILES string of the molecule is Cc1cc(-n2ncc3cc(NC(=O)N[C@H]4CN(C)C[C@@H]4CCc4ccccc4)ncc32)ccn1. The van der Waals surface area contributed by atoms with Gasteiger partial charge in [-0.15, -0.1) is 0 Å². The highest BCUT2D eigenvalue weighted by Crippen LogP contribution is 2.23. The Morgan fingerprint density at radius 3 is 2.76 bits per heavy atom. The first-order chi connectivity index (χ1) is 16.5. The number of pyridine rings is 2. The molecule has 34 heavy (non-hydrogen) atoms. The number of likely N-dealkylation sites (N-methyl/N-ethyl adjacent to an activating group) is 1. The van der Waals surface area contributed by atoms with Gasteiger partial charge in [0.05, 0.1) is 23.6 Å². The molecule has 0 unspecified atom stereocenters. The van der Waals surface area contributed by atoms with Gasteiger partial charge in [0.25, 0.3) is 0 Å². The Hall–Kier alpha value is -3.78. The zero-order valence-electron chi connectivity index (χ0n) is 19.5. The van der Waals surface area contributed by atoms with Crippen LogP contribution in [0.5, 0.6) is 0 Å². The second-order valence-corrected chi connectivity index (χ2v) is 9.05. The van der Waals surface area contributed by atoms with E-state index in [0.717, 1.165) is 48.2 Å². The third kappa shape index (κ3) is 4.92. The van der Waals surface area contributed by atoms with Crippen molar-refractivity contribution in [3.8, 4) is 5.69 Å². The van der Waals surface area contributed by atoms with Gasteiger partial charge in [-0.3, -0.25) is 10.3 Å². The Morgan fingerprint density at radius 1 is 1.09 bits per heavy atom. The van der Waals surface area contributed by atoms with Gasteiger partial charge in [-0.05, 0) is 56.5 Å². The van der Waals surface area contributed by atoms with Crippen molar-refractivity contribution in [3.05, 3.63) is 78.4 Å². The number of aromatic nitrogens is 4. The number of anilines is 1. The number of aryl methyl sites for hydroxylation is 2. The Morgan fingerprint density at radius 2 is 1.94 bits per heavy atom. The van der Waals surface area contributed by atoms with Crippen LogP contribution in [0, 0.1) is 12.8 Å². The smallest absolute Gasteiger partial charge is 0.320 e. The molecule has 0 radical (unpaired) electrons. The van der Waals surface area contributed by atoms with E-state index in [2.05, 4.69) is 61.9 Å². The lowest BCUT2D eigenvalue weighted by molar-refractivity contribution is 0.245. The summed E-state index contributed by atoms with van der Waals surface area (Å²) in [4.78, 5) is 23.8. The van der Waals surface area contributed by atoms with E-state index in [-0.39, 0.29) is 12.1 Å². The number of nitrogens with zero attached hydrogens (tertiary/aromatic N) is 5. The average Bonchev–Trinajstić information content (AvgIpc) is 3.40. The normalized spacial score (nSPS) is 18.3. The molecule has 8 heteroatoms. The lowest BCUT2D eigenvalue weighted by Crippen LogP contribution is -2.42. The van der Waals surface area contributed by atoms with Crippen molar-refractivity contribution in [1.82, 2.24) is 30.0 Å². The molecular formula is C26H29N7O. The van der Waals surface area contributed by atoms with Crippen molar-refractivity contribution in [1.29, 1.82) is 0 Å². The maximum atomic E-state index is 12.8. The summed E-state index contributed by atoms with van der Waals surface area (Å²) >= 11 is 0. The van der Waals surface area contributed by atoms with Crippen molar-refractivity contribution >= 4 is 22.8 Å². The minimum Gasteiger partial charge on any atom is -0.333 e. The first-order valence-corrected chi connectivity index (χ1v) is 11.6. The van der Waals surface area contributed by atoms with Crippen LogP contribution in [0.2, 0.25) is 0 Å². The second kappa shape index (κ2) is 9.61. The highest BCUT2D eigenvalue weighted by Gasteiger charge is 2.31. The van der Waals surface area contributed by atoms with E-state index >= 15 is 0 Å². The van der Waals surface area contributed by atoms with Crippen molar-refractivity contribution in [2.45, 2.75) is 25.8 Å². The Bertz CT molecular complexity index is 1290. The van der Waals surface area contributed by atoms with Crippen LogP contribution in [0.15, 0.2) is 67.1 Å². The summed E-state index contributed by atoms with van der Waals surface area (Å²) in [6, 6.07) is 16.1. The number of rotatable bonds is 6. The summed E-state index contributed by atoms with van der Waals surface area (Å²) in [5.74, 6) is 0.913. The third-order valence-corrected chi connectivity index (χ3v) is 6.41. The molecule has 1 aliphatic rings. The summed E-state index contributed by atoms with van der Waals surface area (Å²) in [6.45, 7) is 3.77. The van der Waals surface area contributed by atoms with E-state index in [9.17, 15) is 4.79 Å². The van der Waals surface area contributed by atoms with Gasteiger partial charge in [0, 0.05) is 36.4 Å². The highest BCUT2D eigenvalue weighted by molar-refractivity contribution is 5.91. The summed E-state index contributed by atoms with van der Waals surface area (Å²) in [7, 11) is 2.10. The quantitative estimate of drug-likeness (QED) is 0.462. The summed E-state index contributed by atoms with van der Waals surface area (Å²) in [6.07, 6.45) is 7.33. The molecule has 2 N–H and O–H groups in total. The molecular weight excluding hydrogens is 426 g/mol. The van der Waals surface area contributed by atoms with Gasteiger partial charge >= 0.3 is 6.03 Å². The van der Waals surface area contributed by atoms with Crippen LogP contribution in [-0.2, 0) is 6.42 Å². The molecule has 2 amide bonds. The topological polar surface area (TPSA) is 88.0 Å². The van der Waals surface area contributed by atoms with Gasteiger partial charge in [0.1, 0.15) is 5.82 Å². The monoisotopic (exact) mass is 455 g/mol. The Kier molecular flexibility index (Phi) is 6.22. The number of amides is 2. The number of carbonyl (C=O) groups excluding carboxylic acids is 1. The first-order valence-electron chi connectivity index (χ1n) is 11.6. The summed E-state index contributed by atoms with van der Waals surface area (Å²) in [5.41, 5.74) is 4.05. The van der Waals surface area contributed by atoms with Gasteiger partial charge in [-0.25, -0.2) is 14.5 Å². The van der Waals surface area contributed by atoms with Gasteiger partial charge in [0.2, 0.25) is 0 Å². The van der Waals surface area contributed by atoms with Crippen LogP contribution in [0.3, 0.4) is 0 Å². The second-order valence-electron chi connectivity index (χ2n) is 9.05. The molecule has 0 aliphatic carbocycles. The van der Waals surface area contributed by atoms with E-state index in [1.54, 1.807) is 18.6 Å². The molecule has 1 saturated heterocycles. The first kappa shape index (κ1) is 22.0. The Balaban J connectivity index is 1.23. The molecule has 0 saturated carbocycles. The van der Waals surface area contributed by atoms with Gasteiger partial charge in [-0.1, -0.05) is 30.3 Å². The van der Waals surface area contributed by atoms with E-state index in [1.807, 2.05) is 35.9 Å². The number of hydrogen-bond donors (Lipinski definition) is 2. The zero-order valence-corrected chi connectivity index (χ0v) is 19.5. The number of urea groups is 1. The van der Waals surface area contributed by atoms with Crippen LogP contribution in [-0.4, -0.2) is 56.9 Å². The van der Waals surface area contributed by atoms with Crippen LogP contribution in [0.25, 0.3) is 16.6 Å². The molecule has 174 valence electrons. The zero-order chi connectivity index (χ0) is 23.5. The van der Waals surface area contributed by atoms with E-state index in [1.165, 1.54) is 5.56 Å². The van der Waals surface area contributed by atoms with Crippen molar-refractivity contribution in [2.75, 3.05) is 25.5 Å².